The van der Waals surface area contributed by atoms with Gasteiger partial charge in [-0.25, -0.2) is 10.1 Å². The van der Waals surface area contributed by atoms with Crippen molar-refractivity contribution in [2.45, 2.75) is 125 Å². The lowest BCUT2D eigenvalue weighted by atomic mass is 9.43. The Bertz CT molecular complexity index is 8710. The SMILES string of the molecule is C1CC2C3CCC4C5CCC6C7CCC8C9CCC%10C1C1C2C2C3C4C3C5C6C4C7C8C5C9C%10C1C1C2C3C4C51.COC(=O)CCCC1(c2ccccc2)C2c3cc4cc5c6c4c4c3c3c7c8c9c%10c%11c%12c%13c%14c(cc(c%15c%14c%11c(c6%15)c4c3%10)C5)CC%13=CC(CC8=CC721)C9%12.O=C1c2cc([N+](=O)[O-])ccc2-c2c1cc([N+](=O)[O-])cc2[N+](=O)[O-].[C-]#[N+]/C(C#N)=C1\c2cc([N+](=O)[O-])ccc2-c2c1cc([N+](=O)[O-])cc2[N+](=O)[O-]. The summed E-state index contributed by atoms with van der Waals surface area (Å²) in [5, 5.41) is 102. The van der Waals surface area contributed by atoms with Crippen molar-refractivity contribution >= 4 is 149 Å². The fraction of sp³-hybridized carbons (Fsp3) is 0.433. The van der Waals surface area contributed by atoms with Gasteiger partial charge in [0.05, 0.1) is 72.6 Å². The first-order valence-corrected chi connectivity index (χ1v) is 53.2. The summed E-state index contributed by atoms with van der Waals surface area (Å²) in [5.74, 6) is 38.3. The summed E-state index contributed by atoms with van der Waals surface area (Å²) in [6, 6.07) is 31.5. The first kappa shape index (κ1) is 77.8. The molecule has 26 aliphatic carbocycles. The van der Waals surface area contributed by atoms with E-state index in [2.05, 4.69) is 65.5 Å². The number of allylic oxidation sites excluding steroid dienone is 5. The second kappa shape index (κ2) is 24.3. The topological polar surface area (TPSA) is 330 Å². The molecule has 0 bridgehead atoms. The molecule has 0 N–H and O–H groups in total. The lowest BCUT2D eigenvalue weighted by molar-refractivity contribution is -0.394. The standard InChI is InChI=1S/C51H28O2.C40H50.C16H5N5O6.C13H5N3O7/c1-53-27(52)8-5-9-50(25-6-3-2-4-7-25)49-26-16-23-14-20-12-21-11-18-10-19-13-22-15-24-17-51(49,50)48-34(24)39-33(22)38-29(19)28(18)36-32(21)37-30(20)31(23)40-35(26)47(48)46-44(39)42(38)41(36)43(37)45(40)46;1-2-12-14-5-6-16-18-9-10-20-19-8-7-17-15-4-3-13-11(1)21-22(12)32-24(14)26(16)34-29(18)30(20)35-28(19)27(17)33-25(15)23(13)31(21)36-37(32)39(34)40(35)38(33)36;1-18-13(7-17)15-11-4-8(19(22)23)2-3-10(11)16-12(15)5-9(20(24)25)6-14(16)21(26)27;17-13-9-3-6(14(18)19)1-2-8(9)12-10(13)4-7(15(20)21)5-11(12)16(22)23/h2-4,6-7,11,13-14,16-17,22,33,49H,5,8-10,12,15H2,1H3;11-40H,1-10H2;2-6H;1-5H/b;;15-13+;. The molecule has 0 amide bonds. The number of methoxy groups -OCH3 is 1. The predicted octanol–water partition coefficient (Wildman–Crippen LogP) is 25.3. The molecule has 143 heavy (non-hydrogen) atoms. The Hall–Kier alpha value is -13.8. The average molecular weight is 1880 g/mol. The molecule has 0 heterocycles. The highest BCUT2D eigenvalue weighted by Gasteiger charge is 2.89. The number of fused-ring (bicyclic) bond motifs is 12. The van der Waals surface area contributed by atoms with Crippen LogP contribution in [-0.4, -0.2) is 48.4 Å². The fourth-order valence-electron chi connectivity index (χ4n) is 46.8. The Morgan fingerprint density at radius 3 is 1.36 bits per heavy atom. The first-order chi connectivity index (χ1) is 69.7. The molecular weight excluding hydrogens is 1790 g/mol. The summed E-state index contributed by atoms with van der Waals surface area (Å²) in [6.45, 7) is 7.17. The van der Waals surface area contributed by atoms with E-state index in [-0.39, 0.29) is 78.3 Å². The highest BCUT2D eigenvalue weighted by Crippen LogP contribution is 2.94. The first-order valence-electron chi connectivity index (χ1n) is 53.2. The van der Waals surface area contributed by atoms with Crippen LogP contribution in [0.3, 0.4) is 0 Å². The largest absolute Gasteiger partial charge is 0.469 e. The van der Waals surface area contributed by atoms with Crippen LogP contribution in [0.25, 0.3) is 130 Å². The minimum absolute atomic E-state index is 0.0260. The van der Waals surface area contributed by atoms with E-state index in [0.717, 1.165) is 80.6 Å². The van der Waals surface area contributed by atoms with Crippen LogP contribution in [0, 0.1) is 262 Å². The third-order valence-electron chi connectivity index (χ3n) is 47.8. The zero-order valence-electron chi connectivity index (χ0n) is 77.6. The van der Waals surface area contributed by atoms with Gasteiger partial charge in [0.25, 0.3) is 39.8 Å². The van der Waals surface area contributed by atoms with Gasteiger partial charge in [-0.2, -0.15) is 0 Å². The minimum atomic E-state index is -0.841. The lowest BCUT2D eigenvalue weighted by Gasteiger charge is -2.61. The van der Waals surface area contributed by atoms with Gasteiger partial charge in [-0.15, -0.1) is 0 Å². The molecule has 0 aliphatic heterocycles. The summed E-state index contributed by atoms with van der Waals surface area (Å²) in [4.78, 5) is 90.0. The van der Waals surface area contributed by atoms with E-state index in [1.54, 1.807) is 212 Å². The zero-order valence-corrected chi connectivity index (χ0v) is 77.6. The van der Waals surface area contributed by atoms with Crippen molar-refractivity contribution in [1.82, 2.24) is 0 Å². The molecule has 25 atom stereocenters. The number of esters is 1. The van der Waals surface area contributed by atoms with E-state index >= 15 is 0 Å². The molecule has 23 nitrogen and oxygen atoms in total. The molecule has 698 valence electrons. The van der Waals surface area contributed by atoms with Crippen LogP contribution >= 0.6 is 0 Å². The van der Waals surface area contributed by atoms with Crippen molar-refractivity contribution in [3.63, 3.8) is 0 Å². The summed E-state index contributed by atoms with van der Waals surface area (Å²) in [7, 11) is 1.54. The maximum atomic E-state index is 12.7. The van der Waals surface area contributed by atoms with Crippen molar-refractivity contribution < 1.29 is 43.9 Å². The number of hydrogen-bond donors (Lipinski definition) is 0. The third kappa shape index (κ3) is 7.84. The van der Waals surface area contributed by atoms with Crippen LogP contribution in [0.4, 0.5) is 34.1 Å². The summed E-state index contributed by atoms with van der Waals surface area (Å²) in [6.07, 6.45) is 28.5. The van der Waals surface area contributed by atoms with Crippen LogP contribution < -0.4 is 0 Å². The number of non-ortho nitro benzene ring substituents is 4. The molecule has 0 aromatic heterocycles. The third-order valence-corrected chi connectivity index (χ3v) is 47.8. The Morgan fingerprint density at radius 2 is 0.860 bits per heavy atom. The van der Waals surface area contributed by atoms with Crippen LogP contribution in [0.15, 0.2) is 127 Å². The Morgan fingerprint density at radius 1 is 0.427 bits per heavy atom. The van der Waals surface area contributed by atoms with Crippen LogP contribution in [0.5, 0.6) is 0 Å². The molecule has 40 rings (SSSR count). The van der Waals surface area contributed by atoms with Gasteiger partial charge in [-0.1, -0.05) is 60.7 Å². The zero-order chi connectivity index (χ0) is 94.7. The summed E-state index contributed by atoms with van der Waals surface area (Å²) >= 11 is 0. The van der Waals surface area contributed by atoms with Crippen molar-refractivity contribution in [3.05, 3.63) is 277 Å². The van der Waals surface area contributed by atoms with E-state index in [1.165, 1.54) is 208 Å². The monoisotopic (exact) mass is 1880 g/mol. The van der Waals surface area contributed by atoms with Crippen LogP contribution in [0.2, 0.25) is 0 Å². The molecule has 23 heteroatoms. The number of carbonyl (C=O) groups is 2. The van der Waals surface area contributed by atoms with Gasteiger partial charge < -0.3 is 4.74 Å². The highest BCUT2D eigenvalue weighted by molar-refractivity contribution is 6.59. The predicted molar refractivity (Wildman–Crippen MR) is 529 cm³/mol. The fourth-order valence-corrected chi connectivity index (χ4v) is 46.8. The Labute approximate surface area is 814 Å². The van der Waals surface area contributed by atoms with Gasteiger partial charge >= 0.3 is 5.97 Å². The number of ketones is 1. The molecule has 26 aliphatic rings. The number of hydrogen-bond acceptors (Lipinski definition) is 16. The van der Waals surface area contributed by atoms with E-state index in [1.807, 2.05) is 0 Å². The number of nitro groups is 6. The molecule has 14 aromatic carbocycles. The number of nitriles is 1. The van der Waals surface area contributed by atoms with Gasteiger partial charge in [0, 0.05) is 87.7 Å². The number of benzene rings is 11. The quantitative estimate of drug-likeness (QED) is 0.0290. The molecule has 17 fully saturated rings. The van der Waals surface area contributed by atoms with Gasteiger partial charge in [-0.05, 0) is 462 Å². The maximum absolute atomic E-state index is 12.7. The second-order valence-electron chi connectivity index (χ2n) is 49.8. The molecular formula is C120H88N8O15. The Kier molecular flexibility index (Phi) is 13.2. The normalized spacial score (nSPS) is 39.0. The maximum Gasteiger partial charge on any atom is 0.305 e. The van der Waals surface area contributed by atoms with Crippen molar-refractivity contribution in [1.29, 1.82) is 5.26 Å². The molecule has 25 unspecified atom stereocenters. The highest BCUT2D eigenvalue weighted by atomic mass is 16.6. The summed E-state index contributed by atoms with van der Waals surface area (Å²) in [5.41, 5.74) is 15.5. The number of nitro benzene ring substituents is 6. The average Bonchev–Trinajstić information content (AvgIpc) is 1.36. The van der Waals surface area contributed by atoms with E-state index < -0.39 is 63.8 Å². The number of rotatable bonds is 11. The van der Waals surface area contributed by atoms with Crippen molar-refractivity contribution in [3.8, 4) is 28.3 Å². The lowest BCUT2D eigenvalue weighted by Crippen LogP contribution is -2.58. The molecule has 0 radical (unpaired) electrons. The van der Waals surface area contributed by atoms with Gasteiger partial charge in [-0.3, -0.25) is 70.3 Å². The van der Waals surface area contributed by atoms with E-state index in [9.17, 15) is 75.5 Å². The van der Waals surface area contributed by atoms with Gasteiger partial charge in [0.1, 0.15) is 0 Å². The molecule has 1 spiro atoms. The van der Waals surface area contributed by atoms with Gasteiger partial charge in [0.15, 0.2) is 5.78 Å². The number of nitrogens with zero attached hydrogens (tertiary/aromatic N) is 8. The van der Waals surface area contributed by atoms with Crippen LogP contribution in [-0.2, 0) is 33.2 Å². The number of carbonyl (C=O) groups excluding carboxylic acids is 2. The van der Waals surface area contributed by atoms with E-state index in [4.69, 9.17) is 11.3 Å². The van der Waals surface area contributed by atoms with Gasteiger partial charge in [0.2, 0.25) is 0 Å². The number of ether oxygens (including phenoxy) is 1. The molecule has 14 aromatic rings. The molecule has 17 saturated carbocycles. The molecule has 0 saturated heterocycles. The summed E-state index contributed by atoms with van der Waals surface area (Å²) < 4.78 is 5.23. The van der Waals surface area contributed by atoms with Crippen LogP contribution in [0.1, 0.15) is 184 Å². The van der Waals surface area contributed by atoms with E-state index in [0.29, 0.717) is 24.2 Å². The Balaban J connectivity index is 0.0000000834. The van der Waals surface area contributed by atoms with Crippen molar-refractivity contribution in [2.75, 3.05) is 7.11 Å². The minimum Gasteiger partial charge on any atom is -0.469 e. The second-order valence-corrected chi connectivity index (χ2v) is 49.8. The van der Waals surface area contributed by atoms with Crippen molar-refractivity contribution in [2.24, 2.45) is 183 Å². The smallest absolute Gasteiger partial charge is 0.305 e.